The first-order chi connectivity index (χ1) is 16.2. The number of nitrogens with one attached hydrogen (secondary N) is 1. The summed E-state index contributed by atoms with van der Waals surface area (Å²) in [7, 11) is 0. The molecule has 4 aromatic rings. The molecule has 166 valence electrons. The maximum Gasteiger partial charge on any atom is 0.250 e. The van der Waals surface area contributed by atoms with Crippen LogP contribution in [0.2, 0.25) is 0 Å². The fraction of sp³-hybridized carbons (Fsp3) is 0.125. The van der Waals surface area contributed by atoms with Crippen molar-refractivity contribution in [2.24, 2.45) is 5.10 Å². The Morgan fingerprint density at radius 2 is 1.91 bits per heavy atom. The zero-order valence-corrected chi connectivity index (χ0v) is 18.8. The fourth-order valence-electron chi connectivity index (χ4n) is 3.02. The molecule has 0 unspecified atom stereocenters. The van der Waals surface area contributed by atoms with Crippen molar-refractivity contribution in [1.82, 2.24) is 25.2 Å². The minimum absolute atomic E-state index is 0.133. The summed E-state index contributed by atoms with van der Waals surface area (Å²) in [5.41, 5.74) is 5.13. The van der Waals surface area contributed by atoms with Gasteiger partial charge in [-0.15, -0.1) is 10.2 Å². The number of nitrogens with zero attached hydrogens (tertiary/aromatic N) is 5. The molecular formula is C24H22N6O2S. The van der Waals surface area contributed by atoms with Gasteiger partial charge in [-0.1, -0.05) is 42.1 Å². The van der Waals surface area contributed by atoms with E-state index in [9.17, 15) is 4.79 Å². The Kier molecular flexibility index (Phi) is 7.44. The highest BCUT2D eigenvalue weighted by Crippen LogP contribution is 2.28. The van der Waals surface area contributed by atoms with E-state index in [0.717, 1.165) is 22.6 Å². The van der Waals surface area contributed by atoms with Crippen molar-refractivity contribution < 1.29 is 9.53 Å². The van der Waals surface area contributed by atoms with Crippen molar-refractivity contribution >= 4 is 23.9 Å². The number of benzene rings is 2. The number of pyridine rings is 1. The van der Waals surface area contributed by atoms with Gasteiger partial charge in [0, 0.05) is 23.6 Å². The van der Waals surface area contributed by atoms with Gasteiger partial charge < -0.3 is 4.74 Å². The minimum atomic E-state index is -0.239. The van der Waals surface area contributed by atoms with Gasteiger partial charge in [0.15, 0.2) is 11.0 Å². The highest BCUT2D eigenvalue weighted by Gasteiger charge is 2.17. The number of ether oxygens (including phenoxy) is 1. The van der Waals surface area contributed by atoms with Crippen molar-refractivity contribution in [3.8, 4) is 22.8 Å². The molecule has 0 saturated heterocycles. The van der Waals surface area contributed by atoms with Crippen LogP contribution in [-0.2, 0) is 4.79 Å². The topological polar surface area (TPSA) is 94.3 Å². The third-order valence-electron chi connectivity index (χ3n) is 4.49. The van der Waals surface area contributed by atoms with Crippen molar-refractivity contribution in [3.63, 3.8) is 0 Å². The van der Waals surface area contributed by atoms with E-state index in [2.05, 4.69) is 25.7 Å². The molecule has 0 atom stereocenters. The van der Waals surface area contributed by atoms with E-state index in [-0.39, 0.29) is 11.7 Å². The summed E-state index contributed by atoms with van der Waals surface area (Å²) >= 11 is 1.28. The molecule has 0 fully saturated rings. The summed E-state index contributed by atoms with van der Waals surface area (Å²) in [5.74, 6) is 1.31. The molecule has 0 aliphatic carbocycles. The van der Waals surface area contributed by atoms with Crippen LogP contribution in [0.3, 0.4) is 0 Å². The zero-order chi connectivity index (χ0) is 22.9. The van der Waals surface area contributed by atoms with Gasteiger partial charge >= 0.3 is 0 Å². The maximum absolute atomic E-state index is 12.3. The van der Waals surface area contributed by atoms with Crippen LogP contribution in [0.15, 0.2) is 89.4 Å². The second-order valence-electron chi connectivity index (χ2n) is 6.80. The van der Waals surface area contributed by atoms with Gasteiger partial charge in [-0.2, -0.15) is 5.10 Å². The Bertz CT molecular complexity index is 1210. The first kappa shape index (κ1) is 22.2. The van der Waals surface area contributed by atoms with Crippen LogP contribution in [0.4, 0.5) is 0 Å². The van der Waals surface area contributed by atoms with Crippen LogP contribution < -0.4 is 10.2 Å². The summed E-state index contributed by atoms with van der Waals surface area (Å²) < 4.78 is 7.45. The number of amides is 1. The molecule has 0 aliphatic rings. The third kappa shape index (κ3) is 5.83. The monoisotopic (exact) mass is 458 g/mol. The van der Waals surface area contributed by atoms with Gasteiger partial charge in [0.1, 0.15) is 5.75 Å². The van der Waals surface area contributed by atoms with Crippen molar-refractivity contribution in [1.29, 1.82) is 0 Å². The molecule has 8 nitrogen and oxygen atoms in total. The summed E-state index contributed by atoms with van der Waals surface area (Å²) in [4.78, 5) is 16.5. The molecule has 1 amide bonds. The lowest BCUT2D eigenvalue weighted by Gasteiger charge is -2.11. The first-order valence-electron chi connectivity index (χ1n) is 10.3. The second kappa shape index (κ2) is 11.1. The molecular weight excluding hydrogens is 436 g/mol. The van der Waals surface area contributed by atoms with Crippen molar-refractivity contribution in [2.75, 3.05) is 12.4 Å². The molecule has 9 heteroatoms. The minimum Gasteiger partial charge on any atom is -0.494 e. The average molecular weight is 459 g/mol. The van der Waals surface area contributed by atoms with Gasteiger partial charge in [0.2, 0.25) is 0 Å². The quantitative estimate of drug-likeness (QED) is 0.232. The van der Waals surface area contributed by atoms with Crippen LogP contribution in [0.1, 0.15) is 12.5 Å². The number of hydrazone groups is 1. The zero-order valence-electron chi connectivity index (χ0n) is 18.0. The van der Waals surface area contributed by atoms with Gasteiger partial charge in [0.25, 0.3) is 5.91 Å². The normalized spacial score (nSPS) is 10.9. The molecule has 2 aromatic heterocycles. The SMILES string of the molecule is CCOc1ccc(-n2c(SCC(=O)N/N=C/c3ccccc3)nnc2-c2cccnc2)cc1. The summed E-state index contributed by atoms with van der Waals surface area (Å²) in [6.45, 7) is 2.54. The summed E-state index contributed by atoms with van der Waals surface area (Å²) in [5, 5.41) is 13.3. The van der Waals surface area contributed by atoms with Crippen LogP contribution in [-0.4, -0.2) is 44.2 Å². The molecule has 1 N–H and O–H groups in total. The van der Waals surface area contributed by atoms with Crippen LogP contribution in [0, 0.1) is 0 Å². The smallest absolute Gasteiger partial charge is 0.250 e. The molecule has 0 radical (unpaired) electrons. The molecule has 0 aliphatic heterocycles. The fourth-order valence-corrected chi connectivity index (χ4v) is 3.76. The molecule has 2 aromatic carbocycles. The number of aromatic nitrogens is 4. The molecule has 0 spiro atoms. The van der Waals surface area contributed by atoms with Crippen LogP contribution in [0.5, 0.6) is 5.75 Å². The lowest BCUT2D eigenvalue weighted by molar-refractivity contribution is -0.118. The van der Waals surface area contributed by atoms with Crippen molar-refractivity contribution in [3.05, 3.63) is 84.7 Å². The Balaban J connectivity index is 1.52. The Morgan fingerprint density at radius 3 is 2.64 bits per heavy atom. The number of carbonyl (C=O) groups is 1. The Morgan fingerprint density at radius 1 is 1.09 bits per heavy atom. The van der Waals surface area contributed by atoms with Gasteiger partial charge in [-0.3, -0.25) is 14.3 Å². The van der Waals surface area contributed by atoms with E-state index in [1.54, 1.807) is 18.6 Å². The number of carbonyl (C=O) groups excluding carboxylic acids is 1. The van der Waals surface area contributed by atoms with Crippen LogP contribution >= 0.6 is 11.8 Å². The molecule has 33 heavy (non-hydrogen) atoms. The van der Waals surface area contributed by atoms with Crippen LogP contribution in [0.25, 0.3) is 17.1 Å². The van der Waals surface area contributed by atoms with Gasteiger partial charge in [-0.05, 0) is 48.9 Å². The highest BCUT2D eigenvalue weighted by molar-refractivity contribution is 7.99. The average Bonchev–Trinajstić information content (AvgIpc) is 3.29. The van der Waals surface area contributed by atoms with Gasteiger partial charge in [0.05, 0.1) is 18.6 Å². The lowest BCUT2D eigenvalue weighted by atomic mass is 10.2. The number of rotatable bonds is 9. The predicted molar refractivity (Wildman–Crippen MR) is 129 cm³/mol. The number of thioether (sulfide) groups is 1. The van der Waals surface area contributed by atoms with Gasteiger partial charge in [-0.25, -0.2) is 5.43 Å². The summed E-state index contributed by atoms with van der Waals surface area (Å²) in [6.07, 6.45) is 5.04. The second-order valence-corrected chi connectivity index (χ2v) is 7.75. The van der Waals surface area contributed by atoms with E-state index in [1.807, 2.05) is 78.2 Å². The van der Waals surface area contributed by atoms with Crippen molar-refractivity contribution in [2.45, 2.75) is 12.1 Å². The number of hydrogen-bond donors (Lipinski definition) is 1. The highest BCUT2D eigenvalue weighted by atomic mass is 32.2. The Labute approximate surface area is 195 Å². The Hall–Kier alpha value is -3.98. The molecule has 0 bridgehead atoms. The van der Waals surface area contributed by atoms with E-state index >= 15 is 0 Å². The van der Waals surface area contributed by atoms with E-state index in [0.29, 0.717) is 17.6 Å². The molecule has 2 heterocycles. The third-order valence-corrected chi connectivity index (χ3v) is 5.42. The number of hydrogen-bond acceptors (Lipinski definition) is 7. The molecule has 4 rings (SSSR count). The van der Waals surface area contributed by atoms with E-state index < -0.39 is 0 Å². The van der Waals surface area contributed by atoms with E-state index in [1.165, 1.54) is 11.8 Å². The first-order valence-corrected chi connectivity index (χ1v) is 11.3. The summed E-state index contributed by atoms with van der Waals surface area (Å²) in [6, 6.07) is 21.0. The van der Waals surface area contributed by atoms with E-state index in [4.69, 9.17) is 4.74 Å². The standard InChI is InChI=1S/C24H22N6O2S/c1-2-32-21-12-10-20(11-13-21)30-23(19-9-6-14-25-16-19)28-29-24(30)33-17-22(31)27-26-15-18-7-4-3-5-8-18/h3-16H,2,17H2,1H3,(H,27,31)/b26-15+. The largest absolute Gasteiger partial charge is 0.494 e. The molecule has 0 saturated carbocycles. The maximum atomic E-state index is 12.3. The lowest BCUT2D eigenvalue weighted by Crippen LogP contribution is -2.20. The predicted octanol–water partition coefficient (Wildman–Crippen LogP) is 3.97.